The van der Waals surface area contributed by atoms with Gasteiger partial charge in [0.15, 0.2) is 6.10 Å². The smallest absolute Gasteiger partial charge is 0.356 e. The molecule has 3 aromatic rings. The Kier molecular flexibility index (Phi) is 4.34. The summed E-state index contributed by atoms with van der Waals surface area (Å²) in [5.74, 6) is -1.19. The number of para-hydroxylation sites is 1. The molecule has 3 aromatic carbocycles. The lowest BCUT2D eigenvalue weighted by Crippen LogP contribution is -2.14. The van der Waals surface area contributed by atoms with Gasteiger partial charge >= 0.3 is 11.9 Å². The van der Waals surface area contributed by atoms with Gasteiger partial charge in [-0.2, -0.15) is 0 Å². The van der Waals surface area contributed by atoms with Crippen LogP contribution in [0.25, 0.3) is 10.8 Å². The van der Waals surface area contributed by atoms with Crippen molar-refractivity contribution in [2.45, 2.75) is 6.10 Å². The van der Waals surface area contributed by atoms with Crippen LogP contribution in [-0.2, 0) is 19.1 Å². The number of hydrogen-bond acceptors (Lipinski definition) is 5. The summed E-state index contributed by atoms with van der Waals surface area (Å²) in [5, 5.41) is 5.06. The second-order valence-corrected chi connectivity index (χ2v) is 6.16. The topological polar surface area (TPSA) is 64.6 Å². The number of methoxy groups -OCH3 is 1. The summed E-state index contributed by atoms with van der Waals surface area (Å²) in [5.41, 5.74) is 1.67. The maximum atomic E-state index is 12.5. The second kappa shape index (κ2) is 6.96. The lowest BCUT2D eigenvalue weighted by Gasteiger charge is -2.14. The van der Waals surface area contributed by atoms with Crippen molar-refractivity contribution in [1.29, 1.82) is 0 Å². The maximum Gasteiger partial charge on any atom is 0.356 e. The fraction of sp³-hybridized carbons (Fsp3) is 0.0909. The highest BCUT2D eigenvalue weighted by atomic mass is 16.6. The number of fused-ring (bicyclic) bond motifs is 1. The standard InChI is InChI=1S/C22H17NO4/c1-26-21(24)18-19(23-17-9-3-2-4-10-17)22(25)27-20(18)16-12-11-14-7-5-6-8-15(14)13-16/h2-13,20,23H,1H3. The highest BCUT2D eigenvalue weighted by Gasteiger charge is 2.40. The number of rotatable bonds is 4. The third kappa shape index (κ3) is 3.15. The number of carbonyl (C=O) groups excluding carboxylic acids is 2. The number of cyclic esters (lactones) is 1. The molecule has 5 heteroatoms. The van der Waals surface area contributed by atoms with Gasteiger partial charge in [-0.25, -0.2) is 9.59 Å². The molecule has 0 aromatic heterocycles. The molecule has 1 N–H and O–H groups in total. The number of ether oxygens (including phenoxy) is 2. The zero-order chi connectivity index (χ0) is 18.8. The number of esters is 2. The summed E-state index contributed by atoms with van der Waals surface area (Å²) < 4.78 is 10.5. The van der Waals surface area contributed by atoms with E-state index in [0.29, 0.717) is 11.3 Å². The van der Waals surface area contributed by atoms with Crippen LogP contribution in [0, 0.1) is 0 Å². The number of nitrogens with one attached hydrogen (secondary N) is 1. The van der Waals surface area contributed by atoms with Crippen molar-refractivity contribution in [2.75, 3.05) is 12.4 Å². The van der Waals surface area contributed by atoms with E-state index >= 15 is 0 Å². The van der Waals surface area contributed by atoms with Gasteiger partial charge in [-0.3, -0.25) is 0 Å². The molecule has 0 aliphatic carbocycles. The predicted molar refractivity (Wildman–Crippen MR) is 102 cm³/mol. The summed E-state index contributed by atoms with van der Waals surface area (Å²) in [6.07, 6.45) is -0.819. The van der Waals surface area contributed by atoms with E-state index in [0.717, 1.165) is 10.8 Å². The molecular weight excluding hydrogens is 342 g/mol. The minimum atomic E-state index is -0.819. The van der Waals surface area contributed by atoms with Crippen LogP contribution >= 0.6 is 0 Å². The fourth-order valence-corrected chi connectivity index (χ4v) is 3.17. The van der Waals surface area contributed by atoms with Gasteiger partial charge in [0.25, 0.3) is 0 Å². The molecule has 0 fully saturated rings. The van der Waals surface area contributed by atoms with Gasteiger partial charge in [0, 0.05) is 5.69 Å². The summed E-state index contributed by atoms with van der Waals surface area (Å²) in [6.45, 7) is 0. The Labute approximate surface area is 156 Å². The van der Waals surface area contributed by atoms with E-state index in [-0.39, 0.29) is 11.3 Å². The Hall–Kier alpha value is -3.60. The third-order valence-electron chi connectivity index (χ3n) is 4.49. The molecule has 0 saturated heterocycles. The van der Waals surface area contributed by atoms with Gasteiger partial charge in [0.05, 0.1) is 7.11 Å². The molecule has 5 nitrogen and oxygen atoms in total. The minimum absolute atomic E-state index is 0.103. The van der Waals surface area contributed by atoms with E-state index in [1.54, 1.807) is 12.1 Å². The average Bonchev–Trinajstić information content (AvgIpc) is 3.04. The first-order valence-electron chi connectivity index (χ1n) is 8.51. The Balaban J connectivity index is 1.79. The Morgan fingerprint density at radius 3 is 2.41 bits per heavy atom. The molecular formula is C22H17NO4. The van der Waals surface area contributed by atoms with Crippen LogP contribution in [0.15, 0.2) is 84.1 Å². The van der Waals surface area contributed by atoms with Crippen LogP contribution in [0.5, 0.6) is 0 Å². The molecule has 1 aliphatic rings. The molecule has 1 unspecified atom stereocenters. The Morgan fingerprint density at radius 2 is 1.67 bits per heavy atom. The van der Waals surface area contributed by atoms with Crippen molar-refractivity contribution in [3.63, 3.8) is 0 Å². The van der Waals surface area contributed by atoms with Gasteiger partial charge in [-0.05, 0) is 34.5 Å². The number of benzene rings is 3. The van der Waals surface area contributed by atoms with E-state index in [1.165, 1.54) is 7.11 Å². The van der Waals surface area contributed by atoms with E-state index in [2.05, 4.69) is 5.32 Å². The first-order valence-corrected chi connectivity index (χ1v) is 8.51. The van der Waals surface area contributed by atoms with Crippen molar-refractivity contribution < 1.29 is 19.1 Å². The quantitative estimate of drug-likeness (QED) is 0.714. The molecule has 0 amide bonds. The molecule has 4 rings (SSSR count). The summed E-state index contributed by atoms with van der Waals surface area (Å²) in [4.78, 5) is 25.0. The zero-order valence-electron chi connectivity index (χ0n) is 14.6. The molecule has 1 aliphatic heterocycles. The van der Waals surface area contributed by atoms with E-state index in [4.69, 9.17) is 9.47 Å². The van der Waals surface area contributed by atoms with Gasteiger partial charge in [0.1, 0.15) is 11.3 Å². The van der Waals surface area contributed by atoms with Crippen molar-refractivity contribution >= 4 is 28.4 Å². The SMILES string of the molecule is COC(=O)C1=C(Nc2ccccc2)C(=O)OC1c1ccc2ccccc2c1. The third-order valence-corrected chi connectivity index (χ3v) is 4.49. The molecule has 27 heavy (non-hydrogen) atoms. The van der Waals surface area contributed by atoms with Crippen molar-refractivity contribution in [3.8, 4) is 0 Å². The zero-order valence-corrected chi connectivity index (χ0v) is 14.6. The van der Waals surface area contributed by atoms with E-state index in [9.17, 15) is 9.59 Å². The maximum absolute atomic E-state index is 12.5. The van der Waals surface area contributed by atoms with Crippen molar-refractivity contribution in [3.05, 3.63) is 89.6 Å². The summed E-state index contributed by atoms with van der Waals surface area (Å²) in [7, 11) is 1.29. The monoisotopic (exact) mass is 359 g/mol. The first kappa shape index (κ1) is 16.8. The van der Waals surface area contributed by atoms with Crippen LogP contribution in [-0.4, -0.2) is 19.0 Å². The van der Waals surface area contributed by atoms with E-state index < -0.39 is 18.0 Å². The number of carbonyl (C=O) groups is 2. The van der Waals surface area contributed by atoms with Gasteiger partial charge in [-0.1, -0.05) is 54.6 Å². The predicted octanol–water partition coefficient (Wildman–Crippen LogP) is 3.98. The first-order chi connectivity index (χ1) is 13.2. The van der Waals surface area contributed by atoms with Gasteiger partial charge in [-0.15, -0.1) is 0 Å². The van der Waals surface area contributed by atoms with Crippen LogP contribution in [0.4, 0.5) is 5.69 Å². The van der Waals surface area contributed by atoms with Crippen LogP contribution in [0.1, 0.15) is 11.7 Å². The molecule has 1 atom stereocenters. The molecule has 0 spiro atoms. The summed E-state index contributed by atoms with van der Waals surface area (Å²) in [6, 6.07) is 22.7. The largest absolute Gasteiger partial charge is 0.465 e. The number of anilines is 1. The van der Waals surface area contributed by atoms with Crippen LogP contribution in [0.3, 0.4) is 0 Å². The van der Waals surface area contributed by atoms with Gasteiger partial charge in [0.2, 0.25) is 0 Å². The fourth-order valence-electron chi connectivity index (χ4n) is 3.17. The van der Waals surface area contributed by atoms with Crippen molar-refractivity contribution in [2.24, 2.45) is 0 Å². The normalized spacial score (nSPS) is 16.3. The molecule has 0 saturated carbocycles. The molecule has 0 bridgehead atoms. The lowest BCUT2D eigenvalue weighted by molar-refractivity contribution is -0.141. The highest BCUT2D eigenvalue weighted by molar-refractivity contribution is 6.06. The Morgan fingerprint density at radius 1 is 0.963 bits per heavy atom. The number of hydrogen-bond donors (Lipinski definition) is 1. The van der Waals surface area contributed by atoms with Crippen molar-refractivity contribution in [1.82, 2.24) is 0 Å². The molecule has 0 radical (unpaired) electrons. The minimum Gasteiger partial charge on any atom is -0.465 e. The molecule has 134 valence electrons. The average molecular weight is 359 g/mol. The van der Waals surface area contributed by atoms with E-state index in [1.807, 2.05) is 60.7 Å². The Bertz CT molecular complexity index is 1060. The summed E-state index contributed by atoms with van der Waals surface area (Å²) >= 11 is 0. The van der Waals surface area contributed by atoms with Crippen LogP contribution in [0.2, 0.25) is 0 Å². The second-order valence-electron chi connectivity index (χ2n) is 6.16. The molecule has 1 heterocycles. The van der Waals surface area contributed by atoms with Gasteiger partial charge < -0.3 is 14.8 Å². The van der Waals surface area contributed by atoms with Crippen LogP contribution < -0.4 is 5.32 Å². The lowest BCUT2D eigenvalue weighted by atomic mass is 9.98. The highest BCUT2D eigenvalue weighted by Crippen LogP contribution is 2.37.